The fraction of sp³-hybridized carbons (Fsp3) is 0.412. The second kappa shape index (κ2) is 7.51. The van der Waals surface area contributed by atoms with Gasteiger partial charge in [-0.05, 0) is 31.7 Å². The third-order valence-corrected chi connectivity index (χ3v) is 4.58. The Balaban J connectivity index is 1.94. The highest BCUT2D eigenvalue weighted by atomic mass is 32.1. The Labute approximate surface area is 135 Å². The normalized spacial score (nSPS) is 15.0. The Kier molecular flexibility index (Phi) is 5.69. The molecule has 0 aliphatic heterocycles. The zero-order valence-electron chi connectivity index (χ0n) is 13.0. The molecule has 4 nitrogen and oxygen atoms in total. The van der Waals surface area contributed by atoms with Crippen molar-refractivity contribution in [3.05, 3.63) is 52.5 Å². The number of aryl methyl sites for hydroxylation is 1. The van der Waals surface area contributed by atoms with E-state index in [0.717, 1.165) is 17.0 Å². The first-order valence-corrected chi connectivity index (χ1v) is 8.37. The molecule has 1 heterocycles. The Hall–Kier alpha value is -1.72. The molecule has 2 N–H and O–H groups in total. The lowest BCUT2D eigenvalue weighted by atomic mass is 9.95. The van der Waals surface area contributed by atoms with E-state index in [1.165, 1.54) is 11.3 Å². The van der Waals surface area contributed by atoms with Crippen molar-refractivity contribution in [2.24, 2.45) is 0 Å². The van der Waals surface area contributed by atoms with Crippen LogP contribution in [0.4, 0.5) is 0 Å². The Morgan fingerprint density at radius 3 is 2.73 bits per heavy atom. The van der Waals surface area contributed by atoms with Crippen molar-refractivity contribution in [3.63, 3.8) is 0 Å². The van der Waals surface area contributed by atoms with Crippen molar-refractivity contribution in [3.8, 4) is 0 Å². The maximum atomic E-state index is 12.4. The second-order valence-corrected chi connectivity index (χ2v) is 6.49. The molecular formula is C17H22N2O2S. The van der Waals surface area contributed by atoms with E-state index in [1.54, 1.807) is 13.1 Å². The second-order valence-electron chi connectivity index (χ2n) is 5.56. The molecule has 1 aromatic heterocycles. The molecule has 2 aromatic rings. The topological polar surface area (TPSA) is 62.2 Å². The summed E-state index contributed by atoms with van der Waals surface area (Å²) in [7, 11) is 0. The molecule has 2 atom stereocenters. The number of nitrogens with zero attached hydrogens (tertiary/aromatic N) is 1. The zero-order valence-corrected chi connectivity index (χ0v) is 13.8. The molecule has 2 rings (SSSR count). The number of hydrogen-bond acceptors (Lipinski definition) is 4. The van der Waals surface area contributed by atoms with Gasteiger partial charge < -0.3 is 10.4 Å². The highest BCUT2D eigenvalue weighted by molar-refractivity contribution is 7.09. The average molecular weight is 318 g/mol. The number of aromatic nitrogens is 1. The highest BCUT2D eigenvalue weighted by Crippen LogP contribution is 2.21. The number of benzene rings is 1. The molecular weight excluding hydrogens is 296 g/mol. The number of nitrogens with one attached hydrogen (secondary N) is 1. The predicted molar refractivity (Wildman–Crippen MR) is 88.7 cm³/mol. The van der Waals surface area contributed by atoms with Gasteiger partial charge in [0.25, 0.3) is 5.91 Å². The molecule has 2 unspecified atom stereocenters. The molecule has 5 heteroatoms. The molecule has 0 fully saturated rings. The van der Waals surface area contributed by atoms with Crippen LogP contribution in [-0.2, 0) is 11.2 Å². The van der Waals surface area contributed by atoms with E-state index < -0.39 is 5.60 Å². The van der Waals surface area contributed by atoms with Gasteiger partial charge in [0, 0.05) is 11.6 Å². The van der Waals surface area contributed by atoms with Gasteiger partial charge >= 0.3 is 0 Å². The van der Waals surface area contributed by atoms with Crippen molar-refractivity contribution < 1.29 is 9.90 Å². The van der Waals surface area contributed by atoms with Gasteiger partial charge in [-0.15, -0.1) is 11.3 Å². The zero-order chi connectivity index (χ0) is 16.0. The lowest BCUT2D eigenvalue weighted by molar-refractivity contribution is -0.139. The van der Waals surface area contributed by atoms with E-state index in [1.807, 2.05) is 42.6 Å². The molecule has 118 valence electrons. The standard InChI is InChI=1S/C17H22N2O2S/c1-3-14(15-18-11-12-22-15)19-16(20)17(2,21)10-9-13-7-5-4-6-8-13/h4-8,11-12,14,21H,3,9-10H2,1-2H3,(H,19,20). The van der Waals surface area contributed by atoms with Crippen molar-refractivity contribution in [1.82, 2.24) is 10.3 Å². The van der Waals surface area contributed by atoms with Crippen molar-refractivity contribution in [2.75, 3.05) is 0 Å². The molecule has 0 spiro atoms. The largest absolute Gasteiger partial charge is 0.380 e. The third-order valence-electron chi connectivity index (χ3n) is 3.70. The number of carbonyl (C=O) groups excluding carboxylic acids is 1. The van der Waals surface area contributed by atoms with Crippen LogP contribution in [-0.4, -0.2) is 21.6 Å². The minimum Gasteiger partial charge on any atom is -0.380 e. The number of hydrogen-bond donors (Lipinski definition) is 2. The van der Waals surface area contributed by atoms with Crippen LogP contribution in [0.25, 0.3) is 0 Å². The summed E-state index contributed by atoms with van der Waals surface area (Å²) in [4.78, 5) is 16.6. The van der Waals surface area contributed by atoms with E-state index in [2.05, 4.69) is 10.3 Å². The first-order chi connectivity index (χ1) is 10.5. The van der Waals surface area contributed by atoms with Crippen LogP contribution in [0.15, 0.2) is 41.9 Å². The van der Waals surface area contributed by atoms with Crippen LogP contribution >= 0.6 is 11.3 Å². The summed E-state index contributed by atoms with van der Waals surface area (Å²) >= 11 is 1.51. The monoisotopic (exact) mass is 318 g/mol. The number of amides is 1. The van der Waals surface area contributed by atoms with Crippen LogP contribution < -0.4 is 5.32 Å². The van der Waals surface area contributed by atoms with E-state index in [4.69, 9.17) is 0 Å². The van der Waals surface area contributed by atoms with E-state index in [9.17, 15) is 9.90 Å². The molecule has 1 aromatic carbocycles. The molecule has 0 aliphatic carbocycles. The third kappa shape index (κ3) is 4.39. The van der Waals surface area contributed by atoms with Crippen molar-refractivity contribution in [2.45, 2.75) is 44.8 Å². The fourth-order valence-electron chi connectivity index (χ4n) is 2.20. The Morgan fingerprint density at radius 1 is 1.41 bits per heavy atom. The van der Waals surface area contributed by atoms with Gasteiger partial charge in [-0.25, -0.2) is 4.98 Å². The summed E-state index contributed by atoms with van der Waals surface area (Å²) in [5.74, 6) is -0.342. The van der Waals surface area contributed by atoms with Crippen LogP contribution in [0.5, 0.6) is 0 Å². The summed E-state index contributed by atoms with van der Waals surface area (Å²) in [6.07, 6.45) is 3.52. The molecule has 0 radical (unpaired) electrons. The van der Waals surface area contributed by atoms with E-state index in [0.29, 0.717) is 12.8 Å². The minimum atomic E-state index is -1.39. The van der Waals surface area contributed by atoms with Gasteiger partial charge in [0.15, 0.2) is 0 Å². The summed E-state index contributed by atoms with van der Waals surface area (Å²) in [6.45, 7) is 3.56. The van der Waals surface area contributed by atoms with Gasteiger partial charge in [-0.1, -0.05) is 37.3 Å². The highest BCUT2D eigenvalue weighted by Gasteiger charge is 2.31. The number of carbonyl (C=O) groups is 1. The quantitative estimate of drug-likeness (QED) is 0.824. The van der Waals surface area contributed by atoms with Gasteiger partial charge in [0.1, 0.15) is 10.6 Å². The summed E-state index contributed by atoms with van der Waals surface area (Å²) in [6, 6.07) is 9.72. The maximum absolute atomic E-state index is 12.4. The predicted octanol–water partition coefficient (Wildman–Crippen LogP) is 3.09. The fourth-order valence-corrected chi connectivity index (χ4v) is 2.98. The van der Waals surface area contributed by atoms with Crippen LogP contribution in [0.3, 0.4) is 0 Å². The lowest BCUT2D eigenvalue weighted by Crippen LogP contribution is -2.46. The molecule has 0 saturated carbocycles. The maximum Gasteiger partial charge on any atom is 0.252 e. The first kappa shape index (κ1) is 16.6. The Bertz CT molecular complexity index is 582. The van der Waals surface area contributed by atoms with Crippen LogP contribution in [0.2, 0.25) is 0 Å². The SMILES string of the molecule is CCC(NC(=O)C(C)(O)CCc1ccccc1)c1nccs1. The first-order valence-electron chi connectivity index (χ1n) is 7.49. The number of rotatable bonds is 7. The lowest BCUT2D eigenvalue weighted by Gasteiger charge is -2.25. The number of thiazole rings is 1. The molecule has 0 saturated heterocycles. The molecule has 0 bridgehead atoms. The van der Waals surface area contributed by atoms with Crippen LogP contribution in [0.1, 0.15) is 43.3 Å². The molecule has 1 amide bonds. The van der Waals surface area contributed by atoms with Gasteiger partial charge in [0.2, 0.25) is 0 Å². The van der Waals surface area contributed by atoms with Gasteiger partial charge in [0.05, 0.1) is 6.04 Å². The van der Waals surface area contributed by atoms with Gasteiger partial charge in [-0.2, -0.15) is 0 Å². The van der Waals surface area contributed by atoms with E-state index >= 15 is 0 Å². The molecule has 22 heavy (non-hydrogen) atoms. The molecule has 0 aliphatic rings. The number of aliphatic hydroxyl groups is 1. The minimum absolute atomic E-state index is 0.143. The van der Waals surface area contributed by atoms with Crippen molar-refractivity contribution in [1.29, 1.82) is 0 Å². The smallest absolute Gasteiger partial charge is 0.252 e. The van der Waals surface area contributed by atoms with Gasteiger partial charge in [-0.3, -0.25) is 4.79 Å². The average Bonchev–Trinajstić information content (AvgIpc) is 3.05. The Morgan fingerprint density at radius 2 is 2.14 bits per heavy atom. The summed E-state index contributed by atoms with van der Waals surface area (Å²) in [5, 5.41) is 16.1. The van der Waals surface area contributed by atoms with Crippen LogP contribution in [0, 0.1) is 0 Å². The van der Waals surface area contributed by atoms with Crippen molar-refractivity contribution >= 4 is 17.2 Å². The van der Waals surface area contributed by atoms with E-state index in [-0.39, 0.29) is 11.9 Å². The summed E-state index contributed by atoms with van der Waals surface area (Å²) in [5.41, 5.74) is -0.275. The summed E-state index contributed by atoms with van der Waals surface area (Å²) < 4.78 is 0.